The van der Waals surface area contributed by atoms with Crippen LogP contribution in [0.1, 0.15) is 18.1 Å². The Bertz CT molecular complexity index is 909. The van der Waals surface area contributed by atoms with Gasteiger partial charge in [0.15, 0.2) is 11.3 Å². The number of rotatable bonds is 7. The molecular formula is C21H20O5. The van der Waals surface area contributed by atoms with Gasteiger partial charge < -0.3 is 18.6 Å². The van der Waals surface area contributed by atoms with Gasteiger partial charge in [0.25, 0.3) is 0 Å². The second-order valence-corrected chi connectivity index (χ2v) is 5.53. The van der Waals surface area contributed by atoms with E-state index in [1.165, 1.54) is 6.08 Å². The zero-order valence-electron chi connectivity index (χ0n) is 14.7. The number of methoxy groups -OCH3 is 1. The van der Waals surface area contributed by atoms with Crippen LogP contribution in [0.25, 0.3) is 17.0 Å². The highest BCUT2D eigenvalue weighted by Gasteiger charge is 2.17. The average Bonchev–Trinajstić information content (AvgIpc) is 3.13. The fourth-order valence-electron chi connectivity index (χ4n) is 2.62. The van der Waals surface area contributed by atoms with E-state index in [1.54, 1.807) is 26.4 Å². The zero-order valence-corrected chi connectivity index (χ0v) is 14.7. The third kappa shape index (κ3) is 3.88. The molecule has 134 valence electrons. The first-order chi connectivity index (χ1) is 12.7. The van der Waals surface area contributed by atoms with E-state index in [4.69, 9.17) is 18.6 Å². The van der Waals surface area contributed by atoms with Crippen LogP contribution in [0.15, 0.2) is 59.2 Å². The van der Waals surface area contributed by atoms with E-state index in [2.05, 4.69) is 0 Å². The molecule has 0 aliphatic rings. The zero-order chi connectivity index (χ0) is 18.4. The maximum atomic E-state index is 11.7. The quantitative estimate of drug-likeness (QED) is 0.459. The normalized spacial score (nSPS) is 11.0. The number of benzene rings is 2. The van der Waals surface area contributed by atoms with Crippen LogP contribution in [0.2, 0.25) is 0 Å². The molecule has 0 saturated carbocycles. The monoisotopic (exact) mass is 352 g/mol. The van der Waals surface area contributed by atoms with Crippen molar-refractivity contribution in [2.45, 2.75) is 13.5 Å². The van der Waals surface area contributed by atoms with Gasteiger partial charge in [-0.15, -0.1) is 0 Å². The molecule has 0 radical (unpaired) electrons. The molecule has 0 fully saturated rings. The van der Waals surface area contributed by atoms with Crippen molar-refractivity contribution < 1.29 is 23.4 Å². The molecule has 1 aromatic heterocycles. The highest BCUT2D eigenvalue weighted by Crippen LogP contribution is 2.40. The lowest BCUT2D eigenvalue weighted by atomic mass is 10.1. The highest BCUT2D eigenvalue weighted by molar-refractivity contribution is 5.93. The lowest BCUT2D eigenvalue weighted by Gasteiger charge is -2.14. The first kappa shape index (κ1) is 17.6. The molecule has 26 heavy (non-hydrogen) atoms. The molecule has 0 aliphatic carbocycles. The number of carbonyl (C=O) groups excluding carboxylic acids is 1. The van der Waals surface area contributed by atoms with Crippen LogP contribution in [0.4, 0.5) is 0 Å². The topological polar surface area (TPSA) is 57.9 Å². The molecule has 0 atom stereocenters. The van der Waals surface area contributed by atoms with Crippen molar-refractivity contribution >= 4 is 23.0 Å². The van der Waals surface area contributed by atoms with E-state index in [1.807, 2.05) is 42.5 Å². The Labute approximate surface area is 151 Å². The lowest BCUT2D eigenvalue weighted by Crippen LogP contribution is -2.01. The molecule has 5 heteroatoms. The molecule has 0 aliphatic heterocycles. The molecule has 0 saturated heterocycles. The summed E-state index contributed by atoms with van der Waals surface area (Å²) in [5.41, 5.74) is 2.33. The Morgan fingerprint density at radius 2 is 1.96 bits per heavy atom. The van der Waals surface area contributed by atoms with Crippen molar-refractivity contribution in [2.75, 3.05) is 13.7 Å². The summed E-state index contributed by atoms with van der Waals surface area (Å²) in [5.74, 6) is 0.596. The molecule has 0 amide bonds. The molecule has 0 unspecified atom stereocenters. The minimum Gasteiger partial charge on any atom is -0.490 e. The number of hydrogen-bond donors (Lipinski definition) is 0. The van der Waals surface area contributed by atoms with E-state index in [-0.39, 0.29) is 0 Å². The second kappa shape index (κ2) is 8.25. The molecule has 1 heterocycles. The van der Waals surface area contributed by atoms with Crippen LogP contribution in [0, 0.1) is 0 Å². The van der Waals surface area contributed by atoms with Crippen LogP contribution >= 0.6 is 0 Å². The highest BCUT2D eigenvalue weighted by atomic mass is 16.5. The van der Waals surface area contributed by atoms with E-state index in [9.17, 15) is 4.79 Å². The van der Waals surface area contributed by atoms with Crippen LogP contribution in [-0.2, 0) is 16.1 Å². The van der Waals surface area contributed by atoms with Gasteiger partial charge in [0.05, 0.1) is 20.0 Å². The van der Waals surface area contributed by atoms with E-state index in [0.29, 0.717) is 35.9 Å². The van der Waals surface area contributed by atoms with Crippen molar-refractivity contribution in [3.05, 3.63) is 65.9 Å². The SMILES string of the molecule is CCOC(=O)/C=C/c1cc2ccoc2c(OC)c1OCc1ccccc1. The molecule has 0 spiro atoms. The number of fused-ring (bicyclic) bond motifs is 1. The summed E-state index contributed by atoms with van der Waals surface area (Å²) in [6.07, 6.45) is 4.62. The predicted octanol–water partition coefficient (Wildman–Crippen LogP) is 4.60. The summed E-state index contributed by atoms with van der Waals surface area (Å²) in [7, 11) is 1.56. The molecule has 3 aromatic rings. The van der Waals surface area contributed by atoms with E-state index >= 15 is 0 Å². The minimum atomic E-state index is -0.409. The number of esters is 1. The van der Waals surface area contributed by atoms with Gasteiger partial charge in [0.1, 0.15) is 6.61 Å². The van der Waals surface area contributed by atoms with Crippen LogP contribution in [0.5, 0.6) is 11.5 Å². The standard InChI is InChI=1S/C21H20O5/c1-3-24-18(22)10-9-16-13-17-11-12-25-19(17)21(23-2)20(16)26-14-15-7-5-4-6-8-15/h4-13H,3,14H2,1-2H3/b10-9+. The summed E-state index contributed by atoms with van der Waals surface area (Å²) in [5, 5.41) is 0.859. The largest absolute Gasteiger partial charge is 0.490 e. The summed E-state index contributed by atoms with van der Waals surface area (Å²) in [4.78, 5) is 11.7. The van der Waals surface area contributed by atoms with Crippen molar-refractivity contribution in [1.82, 2.24) is 0 Å². The minimum absolute atomic E-state index is 0.324. The van der Waals surface area contributed by atoms with Gasteiger partial charge in [-0.2, -0.15) is 0 Å². The lowest BCUT2D eigenvalue weighted by molar-refractivity contribution is -0.137. The Balaban J connectivity index is 1.98. The van der Waals surface area contributed by atoms with Crippen molar-refractivity contribution in [3.8, 4) is 11.5 Å². The summed E-state index contributed by atoms with van der Waals surface area (Å²) in [6.45, 7) is 2.45. The molecule has 0 bridgehead atoms. The van der Waals surface area contributed by atoms with Crippen LogP contribution in [0.3, 0.4) is 0 Å². The van der Waals surface area contributed by atoms with Crippen LogP contribution in [-0.4, -0.2) is 19.7 Å². The number of furan rings is 1. The number of hydrogen-bond acceptors (Lipinski definition) is 5. The maximum Gasteiger partial charge on any atom is 0.330 e. The first-order valence-corrected chi connectivity index (χ1v) is 8.32. The smallest absolute Gasteiger partial charge is 0.330 e. The Morgan fingerprint density at radius 3 is 2.69 bits per heavy atom. The first-order valence-electron chi connectivity index (χ1n) is 8.32. The maximum absolute atomic E-state index is 11.7. The third-order valence-corrected chi connectivity index (χ3v) is 3.80. The van der Waals surface area contributed by atoms with E-state index < -0.39 is 5.97 Å². The van der Waals surface area contributed by atoms with Gasteiger partial charge in [-0.3, -0.25) is 0 Å². The average molecular weight is 352 g/mol. The van der Waals surface area contributed by atoms with Crippen molar-refractivity contribution in [1.29, 1.82) is 0 Å². The van der Waals surface area contributed by atoms with Crippen molar-refractivity contribution in [2.24, 2.45) is 0 Å². The van der Waals surface area contributed by atoms with Gasteiger partial charge in [-0.05, 0) is 30.7 Å². The fraction of sp³-hybridized carbons (Fsp3) is 0.190. The molecule has 3 rings (SSSR count). The number of ether oxygens (including phenoxy) is 3. The van der Waals surface area contributed by atoms with E-state index in [0.717, 1.165) is 10.9 Å². The van der Waals surface area contributed by atoms with Gasteiger partial charge in [0.2, 0.25) is 5.75 Å². The summed E-state index contributed by atoms with van der Waals surface area (Å²) < 4.78 is 22.0. The van der Waals surface area contributed by atoms with Gasteiger partial charge in [-0.25, -0.2) is 4.79 Å². The summed E-state index contributed by atoms with van der Waals surface area (Å²) >= 11 is 0. The Hall–Kier alpha value is -3.21. The van der Waals surface area contributed by atoms with Gasteiger partial charge in [-0.1, -0.05) is 30.3 Å². The third-order valence-electron chi connectivity index (χ3n) is 3.80. The number of carbonyl (C=O) groups is 1. The molecule has 2 aromatic carbocycles. The van der Waals surface area contributed by atoms with Gasteiger partial charge in [0, 0.05) is 17.0 Å². The Morgan fingerprint density at radius 1 is 1.15 bits per heavy atom. The van der Waals surface area contributed by atoms with Gasteiger partial charge >= 0.3 is 5.97 Å². The Kier molecular flexibility index (Phi) is 5.59. The second-order valence-electron chi connectivity index (χ2n) is 5.53. The molecule has 0 N–H and O–H groups in total. The predicted molar refractivity (Wildman–Crippen MR) is 99.2 cm³/mol. The molecule has 5 nitrogen and oxygen atoms in total. The summed E-state index contributed by atoms with van der Waals surface area (Å²) in [6, 6.07) is 13.5. The fourth-order valence-corrected chi connectivity index (χ4v) is 2.62. The molecular weight excluding hydrogens is 332 g/mol. The van der Waals surface area contributed by atoms with Crippen molar-refractivity contribution in [3.63, 3.8) is 0 Å². The van der Waals surface area contributed by atoms with Crippen LogP contribution < -0.4 is 9.47 Å².